The van der Waals surface area contributed by atoms with Gasteiger partial charge in [-0.2, -0.15) is 0 Å². The van der Waals surface area contributed by atoms with Crippen molar-refractivity contribution in [2.75, 3.05) is 5.73 Å². The number of benzene rings is 1. The Balaban J connectivity index is 2.69. The zero-order valence-corrected chi connectivity index (χ0v) is 10.4. The van der Waals surface area contributed by atoms with Gasteiger partial charge in [0.15, 0.2) is 0 Å². The summed E-state index contributed by atoms with van der Waals surface area (Å²) in [6.45, 7) is 2.01. The Morgan fingerprint density at radius 3 is 2.73 bits per heavy atom. The average Bonchev–Trinajstić information content (AvgIpc) is 2.44. The topological polar surface area (TPSA) is 59.6 Å². The Labute approximate surface area is 100 Å². The summed E-state index contributed by atoms with van der Waals surface area (Å²) in [5.41, 5.74) is 7.74. The zero-order valence-electron chi connectivity index (χ0n) is 7.99. The third-order valence-corrected chi connectivity index (χ3v) is 2.72. The van der Waals surface area contributed by atoms with Crippen LogP contribution in [0.2, 0.25) is 0 Å². The lowest BCUT2D eigenvalue weighted by atomic mass is 10.2. The van der Waals surface area contributed by atoms with Crippen LogP contribution in [0.1, 0.15) is 5.56 Å². The molecule has 1 aromatic heterocycles. The van der Waals surface area contributed by atoms with Crippen LogP contribution in [0.4, 0.5) is 5.95 Å². The van der Waals surface area contributed by atoms with Gasteiger partial charge in [0.1, 0.15) is 0 Å². The number of hydrogen-bond donors (Lipinski definition) is 2. The summed E-state index contributed by atoms with van der Waals surface area (Å²) in [6.07, 6.45) is 0. The number of nitrogens with one attached hydrogen (secondary N) is 1. The molecule has 6 heteroatoms. The van der Waals surface area contributed by atoms with Crippen molar-refractivity contribution in [2.24, 2.45) is 0 Å². The van der Waals surface area contributed by atoms with E-state index in [0.717, 1.165) is 15.7 Å². The molecule has 0 unspecified atom stereocenters. The Morgan fingerprint density at radius 1 is 1.47 bits per heavy atom. The van der Waals surface area contributed by atoms with Gasteiger partial charge in [0.05, 0.1) is 5.69 Å². The van der Waals surface area contributed by atoms with Crippen LogP contribution in [0, 0.1) is 11.7 Å². The summed E-state index contributed by atoms with van der Waals surface area (Å²) in [7, 11) is 0. The van der Waals surface area contributed by atoms with E-state index in [-0.39, 0.29) is 0 Å². The molecule has 0 aliphatic rings. The van der Waals surface area contributed by atoms with Crippen molar-refractivity contribution in [1.82, 2.24) is 14.8 Å². The second kappa shape index (κ2) is 3.79. The van der Waals surface area contributed by atoms with E-state index < -0.39 is 0 Å². The van der Waals surface area contributed by atoms with Gasteiger partial charge in [0.25, 0.3) is 0 Å². The molecule has 15 heavy (non-hydrogen) atoms. The van der Waals surface area contributed by atoms with Crippen LogP contribution < -0.4 is 5.73 Å². The number of hydrogen-bond acceptors (Lipinski definition) is 3. The highest BCUT2D eigenvalue weighted by Gasteiger charge is 2.05. The number of nitrogens with two attached hydrogens (primary N) is 1. The molecule has 1 heterocycles. The number of H-pyrrole nitrogens is 1. The summed E-state index contributed by atoms with van der Waals surface area (Å²) in [6, 6.07) is 5.95. The fourth-order valence-electron chi connectivity index (χ4n) is 1.40. The molecule has 3 N–H and O–H groups in total. The second-order valence-electron chi connectivity index (χ2n) is 3.21. The molecule has 1 aromatic carbocycles. The molecular weight excluding hydrogens is 276 g/mol. The molecule has 4 nitrogen and oxygen atoms in total. The first-order valence-corrected chi connectivity index (χ1v) is 5.48. The molecule has 0 fully saturated rings. The summed E-state index contributed by atoms with van der Waals surface area (Å²) < 4.78 is 3.16. The van der Waals surface area contributed by atoms with Crippen molar-refractivity contribution in [3.05, 3.63) is 33.0 Å². The van der Waals surface area contributed by atoms with Gasteiger partial charge in [-0.25, -0.2) is 5.10 Å². The maximum absolute atomic E-state index is 5.71. The highest BCUT2D eigenvalue weighted by molar-refractivity contribution is 9.10. The third-order valence-electron chi connectivity index (χ3n) is 1.98. The zero-order chi connectivity index (χ0) is 11.0. The molecule has 78 valence electrons. The van der Waals surface area contributed by atoms with Crippen molar-refractivity contribution < 1.29 is 0 Å². The fraction of sp³-hybridized carbons (Fsp3) is 0.111. The SMILES string of the molecule is Cc1cc(Br)cc(-n2c(N)n[nH]c2=S)c1. The molecular formula is C9H9BrN4S. The minimum atomic E-state index is 0.359. The number of aromatic nitrogens is 3. The van der Waals surface area contributed by atoms with Gasteiger partial charge >= 0.3 is 0 Å². The maximum Gasteiger partial charge on any atom is 0.225 e. The van der Waals surface area contributed by atoms with E-state index in [1.807, 2.05) is 25.1 Å². The summed E-state index contributed by atoms with van der Waals surface area (Å²) in [5, 5.41) is 6.51. The van der Waals surface area contributed by atoms with Crippen LogP contribution in [-0.4, -0.2) is 14.8 Å². The molecule has 0 spiro atoms. The molecule has 0 bridgehead atoms. The Bertz CT molecular complexity index is 537. The first-order valence-electron chi connectivity index (χ1n) is 4.28. The first-order chi connectivity index (χ1) is 7.08. The summed E-state index contributed by atoms with van der Waals surface area (Å²) >= 11 is 8.52. The van der Waals surface area contributed by atoms with Crippen molar-refractivity contribution in [3.8, 4) is 5.69 Å². The van der Waals surface area contributed by atoms with E-state index in [1.54, 1.807) is 4.57 Å². The van der Waals surface area contributed by atoms with Crippen LogP contribution in [-0.2, 0) is 0 Å². The Hall–Kier alpha value is -1.14. The number of aromatic amines is 1. The van der Waals surface area contributed by atoms with E-state index >= 15 is 0 Å². The molecule has 0 radical (unpaired) electrons. The second-order valence-corrected chi connectivity index (χ2v) is 4.51. The summed E-state index contributed by atoms with van der Waals surface area (Å²) in [5.74, 6) is 0.359. The molecule has 0 atom stereocenters. The van der Waals surface area contributed by atoms with Crippen molar-refractivity contribution in [3.63, 3.8) is 0 Å². The van der Waals surface area contributed by atoms with Gasteiger partial charge in [-0.15, -0.1) is 5.10 Å². The monoisotopic (exact) mass is 284 g/mol. The number of aryl methyl sites for hydroxylation is 1. The standard InChI is InChI=1S/C9H9BrN4S/c1-5-2-6(10)4-7(3-5)14-8(11)12-13-9(14)15/h2-4H,1H3,(H2,11,12)(H,13,15). The van der Waals surface area contributed by atoms with E-state index in [0.29, 0.717) is 10.7 Å². The Morgan fingerprint density at radius 2 is 2.20 bits per heavy atom. The van der Waals surface area contributed by atoms with Gasteiger partial charge < -0.3 is 5.73 Å². The van der Waals surface area contributed by atoms with Gasteiger partial charge in [-0.05, 0) is 42.9 Å². The van der Waals surface area contributed by atoms with Crippen molar-refractivity contribution >= 4 is 34.1 Å². The molecule has 0 aliphatic carbocycles. The lowest BCUT2D eigenvalue weighted by molar-refractivity contribution is 1.03. The molecule has 2 rings (SSSR count). The minimum absolute atomic E-state index is 0.359. The predicted molar refractivity (Wildman–Crippen MR) is 65.6 cm³/mol. The number of halogens is 1. The number of anilines is 1. The van der Waals surface area contributed by atoms with E-state index in [2.05, 4.69) is 26.1 Å². The lowest BCUT2D eigenvalue weighted by Gasteiger charge is -2.05. The Kier molecular flexibility index (Phi) is 2.62. The quantitative estimate of drug-likeness (QED) is 0.792. The third kappa shape index (κ3) is 1.95. The molecule has 2 aromatic rings. The van der Waals surface area contributed by atoms with E-state index in [9.17, 15) is 0 Å². The van der Waals surface area contributed by atoms with E-state index in [4.69, 9.17) is 18.0 Å². The molecule has 0 saturated carbocycles. The van der Waals surface area contributed by atoms with Gasteiger partial charge in [0, 0.05) is 4.47 Å². The van der Waals surface area contributed by atoms with Crippen LogP contribution >= 0.6 is 28.1 Å². The average molecular weight is 285 g/mol. The molecule has 0 saturated heterocycles. The van der Waals surface area contributed by atoms with E-state index in [1.165, 1.54) is 0 Å². The smallest absolute Gasteiger partial charge is 0.225 e. The van der Waals surface area contributed by atoms with Gasteiger partial charge in [-0.1, -0.05) is 15.9 Å². The predicted octanol–water partition coefficient (Wildman–Crippen LogP) is 2.58. The number of nitrogen functional groups attached to an aromatic ring is 1. The maximum atomic E-state index is 5.71. The van der Waals surface area contributed by atoms with Crippen LogP contribution in [0.15, 0.2) is 22.7 Å². The fourth-order valence-corrected chi connectivity index (χ4v) is 2.25. The molecule has 0 aliphatic heterocycles. The van der Waals surface area contributed by atoms with Crippen molar-refractivity contribution in [2.45, 2.75) is 6.92 Å². The van der Waals surface area contributed by atoms with Gasteiger partial charge in [0.2, 0.25) is 10.7 Å². The highest BCUT2D eigenvalue weighted by atomic mass is 79.9. The first kappa shape index (κ1) is 10.4. The van der Waals surface area contributed by atoms with Crippen LogP contribution in [0.5, 0.6) is 0 Å². The minimum Gasteiger partial charge on any atom is -0.368 e. The van der Waals surface area contributed by atoms with Gasteiger partial charge in [-0.3, -0.25) is 4.57 Å². The number of rotatable bonds is 1. The van der Waals surface area contributed by atoms with Crippen LogP contribution in [0.3, 0.4) is 0 Å². The number of nitrogens with zero attached hydrogens (tertiary/aromatic N) is 2. The van der Waals surface area contributed by atoms with Crippen molar-refractivity contribution in [1.29, 1.82) is 0 Å². The highest BCUT2D eigenvalue weighted by Crippen LogP contribution is 2.20. The normalized spacial score (nSPS) is 10.5. The molecule has 0 amide bonds. The lowest BCUT2D eigenvalue weighted by Crippen LogP contribution is -2.01. The summed E-state index contributed by atoms with van der Waals surface area (Å²) in [4.78, 5) is 0. The largest absolute Gasteiger partial charge is 0.368 e. The van der Waals surface area contributed by atoms with Crippen LogP contribution in [0.25, 0.3) is 5.69 Å².